The Morgan fingerprint density at radius 3 is 2.32 bits per heavy atom. The van der Waals surface area contributed by atoms with E-state index >= 15 is 0 Å². The molecule has 0 bridgehead atoms. The van der Waals surface area contributed by atoms with E-state index in [9.17, 15) is 4.79 Å². The van der Waals surface area contributed by atoms with E-state index in [1.54, 1.807) is 12.1 Å². The number of hydrogen-bond donors (Lipinski definition) is 2. The van der Waals surface area contributed by atoms with E-state index in [1.165, 1.54) is 22.3 Å². The number of fused-ring (bicyclic) bond motifs is 3. The predicted octanol–water partition coefficient (Wildman–Crippen LogP) is 4.16. The Labute approximate surface area is 164 Å². The average molecular weight is 368 g/mol. The molecule has 4 heteroatoms. The van der Waals surface area contributed by atoms with Crippen molar-refractivity contribution in [2.24, 2.45) is 0 Å². The lowest BCUT2D eigenvalue weighted by atomic mass is 9.98. The first-order chi connectivity index (χ1) is 13.7. The van der Waals surface area contributed by atoms with E-state index in [1.807, 2.05) is 36.4 Å². The molecule has 0 spiro atoms. The number of nitrogens with two attached hydrogens (primary N) is 1. The molecule has 0 heterocycles. The van der Waals surface area contributed by atoms with E-state index in [-0.39, 0.29) is 12.5 Å². The number of nitrogen functional groups attached to an aromatic ring is 1. The number of hydrogen-bond acceptors (Lipinski definition) is 3. The summed E-state index contributed by atoms with van der Waals surface area (Å²) >= 11 is 0. The van der Waals surface area contributed by atoms with Crippen LogP contribution in [0.4, 0.5) is 10.5 Å². The maximum absolute atomic E-state index is 12.1. The first-order valence-corrected chi connectivity index (χ1v) is 9.15. The Morgan fingerprint density at radius 2 is 1.64 bits per heavy atom. The second-order valence-corrected chi connectivity index (χ2v) is 6.61. The Kier molecular flexibility index (Phi) is 4.99. The van der Waals surface area contributed by atoms with Gasteiger partial charge in [-0.15, -0.1) is 0 Å². The highest BCUT2D eigenvalue weighted by Crippen LogP contribution is 2.44. The summed E-state index contributed by atoms with van der Waals surface area (Å²) in [5, 5.41) is 2.67. The highest BCUT2D eigenvalue weighted by Gasteiger charge is 2.28. The third kappa shape index (κ3) is 3.70. The first-order valence-electron chi connectivity index (χ1n) is 9.15. The van der Waals surface area contributed by atoms with Gasteiger partial charge in [-0.25, -0.2) is 4.79 Å². The Hall–Kier alpha value is -3.71. The van der Waals surface area contributed by atoms with Gasteiger partial charge in [0.2, 0.25) is 0 Å². The molecule has 0 unspecified atom stereocenters. The van der Waals surface area contributed by atoms with Crippen LogP contribution in [0.3, 0.4) is 0 Å². The summed E-state index contributed by atoms with van der Waals surface area (Å²) in [6.07, 6.45) is -0.469. The van der Waals surface area contributed by atoms with Crippen molar-refractivity contribution in [3.8, 4) is 23.0 Å². The zero-order valence-electron chi connectivity index (χ0n) is 15.3. The smallest absolute Gasteiger partial charge is 0.407 e. The van der Waals surface area contributed by atoms with E-state index < -0.39 is 6.09 Å². The van der Waals surface area contributed by atoms with Crippen molar-refractivity contribution in [2.75, 3.05) is 18.9 Å². The van der Waals surface area contributed by atoms with Crippen LogP contribution in [0.15, 0.2) is 72.8 Å². The highest BCUT2D eigenvalue weighted by molar-refractivity contribution is 5.79. The molecular formula is C24H20N2O2. The van der Waals surface area contributed by atoms with Crippen LogP contribution in [-0.2, 0) is 4.74 Å². The highest BCUT2D eigenvalue weighted by atomic mass is 16.5. The number of ether oxygens (including phenoxy) is 1. The molecule has 1 amide bonds. The minimum atomic E-state index is -0.469. The molecule has 3 aromatic rings. The fraction of sp³-hybridized carbons (Fsp3) is 0.125. The number of carbonyl (C=O) groups excluding carboxylic acids is 1. The number of benzene rings is 3. The lowest BCUT2D eigenvalue weighted by Crippen LogP contribution is -2.26. The number of rotatable bonds is 3. The fourth-order valence-electron chi connectivity index (χ4n) is 3.53. The quantitative estimate of drug-likeness (QED) is 0.539. The summed E-state index contributed by atoms with van der Waals surface area (Å²) in [5.41, 5.74) is 12.0. The van der Waals surface area contributed by atoms with E-state index in [0.717, 1.165) is 5.56 Å². The van der Waals surface area contributed by atoms with Crippen LogP contribution >= 0.6 is 0 Å². The van der Waals surface area contributed by atoms with Gasteiger partial charge in [0.05, 0.1) is 6.54 Å². The number of anilines is 1. The maximum atomic E-state index is 12.1. The lowest BCUT2D eigenvalue weighted by molar-refractivity contribution is 0.144. The zero-order chi connectivity index (χ0) is 19.3. The molecule has 4 nitrogen and oxygen atoms in total. The molecule has 0 fully saturated rings. The van der Waals surface area contributed by atoms with Gasteiger partial charge in [-0.3, -0.25) is 0 Å². The topological polar surface area (TPSA) is 64.3 Å². The molecule has 0 saturated heterocycles. The van der Waals surface area contributed by atoms with Crippen molar-refractivity contribution in [1.82, 2.24) is 5.32 Å². The summed E-state index contributed by atoms with van der Waals surface area (Å²) in [6.45, 7) is 0.508. The number of carbonyl (C=O) groups is 1. The van der Waals surface area contributed by atoms with Crippen molar-refractivity contribution < 1.29 is 9.53 Å². The normalized spacial score (nSPS) is 11.7. The predicted molar refractivity (Wildman–Crippen MR) is 111 cm³/mol. The molecule has 3 aromatic carbocycles. The molecule has 0 aliphatic heterocycles. The van der Waals surface area contributed by atoms with Crippen molar-refractivity contribution in [1.29, 1.82) is 0 Å². The van der Waals surface area contributed by atoms with Gasteiger partial charge in [0.15, 0.2) is 0 Å². The van der Waals surface area contributed by atoms with Crippen LogP contribution in [0.5, 0.6) is 0 Å². The number of alkyl carbamates (subject to hydrolysis) is 1. The van der Waals surface area contributed by atoms with Crippen LogP contribution in [0.1, 0.15) is 22.6 Å². The first kappa shape index (κ1) is 17.7. The summed E-state index contributed by atoms with van der Waals surface area (Å²) in [6, 6.07) is 23.8. The Bertz CT molecular complexity index is 1030. The van der Waals surface area contributed by atoms with Crippen molar-refractivity contribution in [3.63, 3.8) is 0 Å². The van der Waals surface area contributed by atoms with Gasteiger partial charge in [-0.05, 0) is 40.5 Å². The largest absolute Gasteiger partial charge is 0.449 e. The molecule has 0 radical (unpaired) electrons. The van der Waals surface area contributed by atoms with Crippen LogP contribution < -0.4 is 11.1 Å². The molecule has 28 heavy (non-hydrogen) atoms. The maximum Gasteiger partial charge on any atom is 0.407 e. The molecule has 1 aliphatic rings. The van der Waals surface area contributed by atoms with E-state index in [0.29, 0.717) is 12.3 Å². The molecular weight excluding hydrogens is 348 g/mol. The number of nitrogens with one attached hydrogen (secondary N) is 1. The van der Waals surface area contributed by atoms with Crippen LogP contribution in [-0.4, -0.2) is 19.2 Å². The minimum absolute atomic E-state index is 0.0523. The van der Waals surface area contributed by atoms with Crippen molar-refractivity contribution in [3.05, 3.63) is 89.5 Å². The van der Waals surface area contributed by atoms with E-state index in [4.69, 9.17) is 10.5 Å². The van der Waals surface area contributed by atoms with Gasteiger partial charge in [0.25, 0.3) is 0 Å². The third-order valence-electron chi connectivity index (χ3n) is 4.78. The molecule has 0 atom stereocenters. The summed E-state index contributed by atoms with van der Waals surface area (Å²) in [4.78, 5) is 12.1. The Balaban J connectivity index is 1.35. The molecule has 1 aliphatic carbocycles. The van der Waals surface area contributed by atoms with Gasteiger partial charge in [0.1, 0.15) is 6.61 Å². The molecule has 4 rings (SSSR count). The second kappa shape index (κ2) is 7.89. The third-order valence-corrected chi connectivity index (χ3v) is 4.78. The van der Waals surface area contributed by atoms with Gasteiger partial charge in [-0.1, -0.05) is 66.4 Å². The minimum Gasteiger partial charge on any atom is -0.449 e. The molecule has 3 N–H and O–H groups in total. The number of amides is 1. The summed E-state index contributed by atoms with van der Waals surface area (Å²) in [7, 11) is 0. The van der Waals surface area contributed by atoms with Crippen LogP contribution in [0.2, 0.25) is 0 Å². The van der Waals surface area contributed by atoms with Crippen molar-refractivity contribution >= 4 is 11.8 Å². The lowest BCUT2D eigenvalue weighted by Gasteiger charge is -2.14. The van der Waals surface area contributed by atoms with Gasteiger partial charge in [-0.2, -0.15) is 0 Å². The Morgan fingerprint density at radius 1 is 0.964 bits per heavy atom. The second-order valence-electron chi connectivity index (χ2n) is 6.61. The average Bonchev–Trinajstić information content (AvgIpc) is 3.04. The zero-order valence-corrected chi connectivity index (χ0v) is 15.3. The van der Waals surface area contributed by atoms with Crippen LogP contribution in [0.25, 0.3) is 11.1 Å². The standard InChI is InChI=1S/C24H20N2O2/c25-18-9-5-7-17(15-18)8-6-14-26-24(27)28-16-23-21-12-3-1-10-19(21)20-11-2-4-13-22(20)23/h1-5,7,9-13,15,23H,14,16,25H2,(H,26,27). The summed E-state index contributed by atoms with van der Waals surface area (Å²) < 4.78 is 5.47. The SMILES string of the molecule is Nc1cccc(C#CCNC(=O)OCC2c3ccccc3-c3ccccc32)c1. The fourth-order valence-corrected chi connectivity index (χ4v) is 3.53. The van der Waals surface area contributed by atoms with Gasteiger partial charge in [0, 0.05) is 17.2 Å². The monoisotopic (exact) mass is 368 g/mol. The van der Waals surface area contributed by atoms with Gasteiger partial charge >= 0.3 is 6.09 Å². The van der Waals surface area contributed by atoms with Crippen LogP contribution in [0, 0.1) is 11.8 Å². The summed E-state index contributed by atoms with van der Waals surface area (Å²) in [5.74, 6) is 5.92. The molecule has 138 valence electrons. The molecule has 0 aromatic heterocycles. The molecule has 0 saturated carbocycles. The van der Waals surface area contributed by atoms with Gasteiger partial charge < -0.3 is 15.8 Å². The van der Waals surface area contributed by atoms with E-state index in [2.05, 4.69) is 41.4 Å². The van der Waals surface area contributed by atoms with Crippen molar-refractivity contribution in [2.45, 2.75) is 5.92 Å².